The molecule has 1 atom stereocenters. The van der Waals surface area contributed by atoms with Gasteiger partial charge in [0.2, 0.25) is 0 Å². The van der Waals surface area contributed by atoms with Gasteiger partial charge in [-0.25, -0.2) is 4.99 Å². The maximum absolute atomic E-state index is 10.6. The van der Waals surface area contributed by atoms with Gasteiger partial charge in [0.25, 0.3) is 0 Å². The number of aryl methyl sites for hydroxylation is 2. The smallest absolute Gasteiger partial charge is 0.192 e. The molecule has 0 aliphatic rings. The molecule has 2 aromatic heterocycles. The second-order valence-electron chi connectivity index (χ2n) is 6.09. The van der Waals surface area contributed by atoms with Crippen molar-refractivity contribution in [3.8, 4) is 0 Å². The Morgan fingerprint density at radius 2 is 2.16 bits per heavy atom. The Morgan fingerprint density at radius 3 is 2.72 bits per heavy atom. The van der Waals surface area contributed by atoms with Crippen LogP contribution in [0.5, 0.6) is 0 Å². The highest BCUT2D eigenvalue weighted by Crippen LogP contribution is 2.21. The first-order chi connectivity index (χ1) is 11.8. The van der Waals surface area contributed by atoms with Crippen molar-refractivity contribution in [1.29, 1.82) is 0 Å². The fraction of sp³-hybridized carbons (Fsp3) is 0.471. The second kappa shape index (κ2) is 7.98. The molecule has 0 bridgehead atoms. The largest absolute Gasteiger partial charge is 0.463 e. The minimum absolute atomic E-state index is 0.237. The van der Waals surface area contributed by atoms with Crippen molar-refractivity contribution in [1.82, 2.24) is 25.4 Å². The molecule has 0 saturated carbocycles. The highest BCUT2D eigenvalue weighted by atomic mass is 16.4. The Morgan fingerprint density at radius 1 is 1.40 bits per heavy atom. The molecular weight excluding hydrogens is 320 g/mol. The molecule has 8 nitrogen and oxygen atoms in total. The molecule has 136 valence electrons. The lowest BCUT2D eigenvalue weighted by Crippen LogP contribution is -2.44. The molecule has 1 unspecified atom stereocenters. The van der Waals surface area contributed by atoms with Crippen molar-refractivity contribution in [2.45, 2.75) is 32.9 Å². The zero-order chi connectivity index (χ0) is 18.4. The molecule has 25 heavy (non-hydrogen) atoms. The van der Waals surface area contributed by atoms with E-state index >= 15 is 0 Å². The summed E-state index contributed by atoms with van der Waals surface area (Å²) in [6, 6.07) is 3.60. The average molecular weight is 346 g/mol. The van der Waals surface area contributed by atoms with E-state index in [0.29, 0.717) is 24.8 Å². The molecular formula is C17H26N6O2. The van der Waals surface area contributed by atoms with Gasteiger partial charge in [-0.2, -0.15) is 0 Å². The summed E-state index contributed by atoms with van der Waals surface area (Å²) in [6.45, 7) is 10.3. The van der Waals surface area contributed by atoms with Gasteiger partial charge >= 0.3 is 0 Å². The third-order valence-electron chi connectivity index (χ3n) is 3.85. The molecule has 2 rings (SSSR count). The van der Waals surface area contributed by atoms with Crippen LogP contribution in [-0.2, 0) is 19.2 Å². The van der Waals surface area contributed by atoms with Gasteiger partial charge in [-0.1, -0.05) is 6.08 Å². The van der Waals surface area contributed by atoms with Gasteiger partial charge < -0.3 is 24.7 Å². The molecule has 3 N–H and O–H groups in total. The van der Waals surface area contributed by atoms with Crippen molar-refractivity contribution in [3.05, 3.63) is 48.0 Å². The number of aromatic nitrogens is 3. The Balaban J connectivity index is 2.05. The fourth-order valence-electron chi connectivity index (χ4n) is 2.15. The van der Waals surface area contributed by atoms with E-state index in [4.69, 9.17) is 4.42 Å². The minimum atomic E-state index is -1.16. The molecule has 0 aromatic carbocycles. The summed E-state index contributed by atoms with van der Waals surface area (Å²) in [5.74, 6) is 3.39. The Hall–Kier alpha value is -2.61. The van der Waals surface area contributed by atoms with E-state index in [1.54, 1.807) is 19.1 Å². The second-order valence-corrected chi connectivity index (χ2v) is 6.09. The van der Waals surface area contributed by atoms with Crippen LogP contribution in [-0.4, -0.2) is 38.9 Å². The Bertz CT molecular complexity index is 744. The lowest BCUT2D eigenvalue weighted by Gasteiger charge is -2.22. The fourth-order valence-corrected chi connectivity index (χ4v) is 2.15. The molecule has 0 radical (unpaired) electrons. The number of guanidine groups is 1. The lowest BCUT2D eigenvalue weighted by atomic mass is 10.0. The van der Waals surface area contributed by atoms with Crippen LogP contribution in [0.1, 0.15) is 30.1 Å². The summed E-state index contributed by atoms with van der Waals surface area (Å²) in [5, 5.41) is 25.0. The maximum atomic E-state index is 10.6. The summed E-state index contributed by atoms with van der Waals surface area (Å²) in [5.41, 5.74) is -1.16. The first-order valence-electron chi connectivity index (χ1n) is 8.10. The van der Waals surface area contributed by atoms with Crippen molar-refractivity contribution in [3.63, 3.8) is 0 Å². The highest BCUT2D eigenvalue weighted by molar-refractivity contribution is 5.80. The molecule has 8 heteroatoms. The van der Waals surface area contributed by atoms with E-state index < -0.39 is 5.60 Å². The molecule has 0 aliphatic carbocycles. The Labute approximate surface area is 147 Å². The van der Waals surface area contributed by atoms with Crippen LogP contribution in [0, 0.1) is 13.8 Å². The van der Waals surface area contributed by atoms with Crippen molar-refractivity contribution in [2.24, 2.45) is 12.0 Å². The number of nitrogens with zero attached hydrogens (tertiary/aromatic N) is 4. The highest BCUT2D eigenvalue weighted by Gasteiger charge is 2.27. The van der Waals surface area contributed by atoms with Crippen LogP contribution in [0.4, 0.5) is 0 Å². The van der Waals surface area contributed by atoms with Crippen LogP contribution < -0.4 is 10.6 Å². The number of aliphatic imine (C=N–C) groups is 1. The molecule has 0 amide bonds. The summed E-state index contributed by atoms with van der Waals surface area (Å²) in [7, 11) is 1.90. The van der Waals surface area contributed by atoms with E-state index in [0.717, 1.165) is 17.4 Å². The molecule has 0 spiro atoms. The van der Waals surface area contributed by atoms with E-state index in [1.165, 1.54) is 0 Å². The average Bonchev–Trinajstić information content (AvgIpc) is 3.15. The number of nitrogens with one attached hydrogen (secondary N) is 2. The lowest BCUT2D eigenvalue weighted by molar-refractivity contribution is 0.0378. The molecule has 0 fully saturated rings. The summed E-state index contributed by atoms with van der Waals surface area (Å²) < 4.78 is 7.41. The topological polar surface area (TPSA) is 100 Å². The van der Waals surface area contributed by atoms with Crippen LogP contribution in [0.2, 0.25) is 0 Å². The van der Waals surface area contributed by atoms with Crippen LogP contribution in [0.25, 0.3) is 0 Å². The Kier molecular flexibility index (Phi) is 5.97. The van der Waals surface area contributed by atoms with E-state index in [2.05, 4.69) is 32.4 Å². The molecule has 0 aliphatic heterocycles. The van der Waals surface area contributed by atoms with Gasteiger partial charge in [-0.15, -0.1) is 16.8 Å². The van der Waals surface area contributed by atoms with E-state index in [-0.39, 0.29) is 6.54 Å². The molecule has 2 aromatic rings. The third-order valence-corrected chi connectivity index (χ3v) is 3.85. The minimum Gasteiger partial charge on any atom is -0.463 e. The summed E-state index contributed by atoms with van der Waals surface area (Å²) in [6.07, 6.45) is 1.73. The van der Waals surface area contributed by atoms with Crippen molar-refractivity contribution >= 4 is 5.96 Å². The van der Waals surface area contributed by atoms with Gasteiger partial charge in [-0.3, -0.25) is 0 Å². The normalized spacial score (nSPS) is 14.2. The monoisotopic (exact) mass is 346 g/mol. The van der Waals surface area contributed by atoms with Crippen molar-refractivity contribution in [2.75, 3.05) is 13.1 Å². The maximum Gasteiger partial charge on any atom is 0.192 e. The van der Waals surface area contributed by atoms with Gasteiger partial charge in [0.15, 0.2) is 11.8 Å². The van der Waals surface area contributed by atoms with Crippen molar-refractivity contribution < 1.29 is 9.52 Å². The zero-order valence-corrected chi connectivity index (χ0v) is 15.2. The predicted octanol–water partition coefficient (Wildman–Crippen LogP) is 1.15. The third kappa shape index (κ3) is 4.93. The van der Waals surface area contributed by atoms with Crippen LogP contribution in [0.15, 0.2) is 34.2 Å². The predicted molar refractivity (Wildman–Crippen MR) is 96.1 cm³/mol. The van der Waals surface area contributed by atoms with E-state index in [1.807, 2.05) is 31.5 Å². The number of furan rings is 1. The van der Waals surface area contributed by atoms with Gasteiger partial charge in [-0.05, 0) is 32.9 Å². The number of rotatable bonds is 7. The number of aliphatic hydroxyl groups is 1. The van der Waals surface area contributed by atoms with E-state index in [9.17, 15) is 5.11 Å². The summed E-state index contributed by atoms with van der Waals surface area (Å²) in [4.78, 5) is 4.49. The SMILES string of the molecule is C=CCNC(=NCc1nnc(C)n1C)NCC(C)(O)c1ccc(C)o1. The van der Waals surface area contributed by atoms with Gasteiger partial charge in [0.1, 0.15) is 29.5 Å². The van der Waals surface area contributed by atoms with Gasteiger partial charge in [0, 0.05) is 13.6 Å². The first kappa shape index (κ1) is 18.7. The first-order valence-corrected chi connectivity index (χ1v) is 8.10. The van der Waals surface area contributed by atoms with Crippen LogP contribution >= 0.6 is 0 Å². The molecule has 2 heterocycles. The number of hydrogen-bond acceptors (Lipinski definition) is 5. The van der Waals surface area contributed by atoms with Gasteiger partial charge in [0.05, 0.1) is 6.54 Å². The molecule has 0 saturated heterocycles. The standard InChI is InChI=1S/C17H26N6O2/c1-6-9-18-16(19-10-15-22-21-13(3)23(15)5)20-11-17(4,24)14-8-7-12(2)25-14/h6-8,24H,1,9-11H2,2-5H3,(H2,18,19,20). The summed E-state index contributed by atoms with van der Waals surface area (Å²) >= 11 is 0. The number of hydrogen-bond donors (Lipinski definition) is 3. The van der Waals surface area contributed by atoms with Crippen LogP contribution in [0.3, 0.4) is 0 Å². The quantitative estimate of drug-likeness (QED) is 0.395. The zero-order valence-electron chi connectivity index (χ0n) is 15.2.